The van der Waals surface area contributed by atoms with Crippen molar-refractivity contribution in [2.45, 2.75) is 19.4 Å². The summed E-state index contributed by atoms with van der Waals surface area (Å²) in [4.78, 5) is 24.5. The molecule has 1 amide bonds. The van der Waals surface area contributed by atoms with Gasteiger partial charge >= 0.3 is 5.97 Å². The molecule has 2 rings (SSSR count). The maximum absolute atomic E-state index is 11.3. The van der Waals surface area contributed by atoms with Crippen LogP contribution in [0.25, 0.3) is 0 Å². The fraction of sp³-hybridized carbons (Fsp3) is 0.400. The first kappa shape index (κ1) is 9.76. The third-order valence-electron chi connectivity index (χ3n) is 2.38. The van der Waals surface area contributed by atoms with Gasteiger partial charge in [0.15, 0.2) is 0 Å². The Kier molecular flexibility index (Phi) is 2.45. The fourth-order valence-corrected chi connectivity index (χ4v) is 1.34. The molecule has 0 unspecified atom stereocenters. The van der Waals surface area contributed by atoms with E-state index in [1.807, 2.05) is 0 Å². The zero-order valence-corrected chi connectivity index (χ0v) is 8.12. The highest BCUT2D eigenvalue weighted by Gasteiger charge is 2.29. The Morgan fingerprint density at radius 2 is 2.20 bits per heavy atom. The van der Waals surface area contributed by atoms with Crippen LogP contribution < -0.4 is 5.32 Å². The first-order chi connectivity index (χ1) is 7.16. The predicted molar refractivity (Wildman–Crippen MR) is 52.3 cm³/mol. The van der Waals surface area contributed by atoms with Crippen molar-refractivity contribution in [1.82, 2.24) is 10.3 Å². The molecule has 0 spiro atoms. The number of H-pyrrole nitrogens is 1. The van der Waals surface area contributed by atoms with Gasteiger partial charge in [0, 0.05) is 11.6 Å². The van der Waals surface area contributed by atoms with Crippen LogP contribution in [0.1, 0.15) is 29.0 Å². The summed E-state index contributed by atoms with van der Waals surface area (Å²) in [7, 11) is 0. The van der Waals surface area contributed by atoms with E-state index in [1.165, 1.54) is 6.07 Å². The van der Waals surface area contributed by atoms with Gasteiger partial charge in [0.05, 0.1) is 6.54 Å². The lowest BCUT2D eigenvalue weighted by atomic mass is 10.3. The minimum absolute atomic E-state index is 0.0569. The highest BCUT2D eigenvalue weighted by atomic mass is 16.4. The molecule has 3 N–H and O–H groups in total. The summed E-state index contributed by atoms with van der Waals surface area (Å²) in [6.07, 6.45) is 1.94. The highest BCUT2D eigenvalue weighted by molar-refractivity contribution is 5.85. The monoisotopic (exact) mass is 208 g/mol. The number of nitrogens with one attached hydrogen (secondary N) is 2. The number of carboxylic acid groups (broad SMARTS) is 1. The summed E-state index contributed by atoms with van der Waals surface area (Å²) < 4.78 is 0. The van der Waals surface area contributed by atoms with E-state index in [-0.39, 0.29) is 17.5 Å². The van der Waals surface area contributed by atoms with Crippen LogP contribution in [0, 0.1) is 5.92 Å². The Balaban J connectivity index is 1.87. The number of aromatic nitrogens is 1. The molecule has 0 radical (unpaired) electrons. The van der Waals surface area contributed by atoms with Crippen molar-refractivity contribution < 1.29 is 14.7 Å². The molecule has 5 heteroatoms. The highest BCUT2D eigenvalue weighted by Crippen LogP contribution is 2.28. The molecule has 1 heterocycles. The molecule has 1 aliphatic carbocycles. The van der Waals surface area contributed by atoms with Crippen LogP contribution in [0.5, 0.6) is 0 Å². The Hall–Kier alpha value is -1.78. The van der Waals surface area contributed by atoms with E-state index in [0.29, 0.717) is 12.2 Å². The Morgan fingerprint density at radius 1 is 1.47 bits per heavy atom. The second-order valence-corrected chi connectivity index (χ2v) is 3.69. The van der Waals surface area contributed by atoms with Gasteiger partial charge in [0.2, 0.25) is 5.91 Å². The van der Waals surface area contributed by atoms with E-state index in [2.05, 4.69) is 10.3 Å². The summed E-state index contributed by atoms with van der Waals surface area (Å²) in [5, 5.41) is 11.4. The molecule has 0 bridgehead atoms. The third kappa shape index (κ3) is 2.37. The van der Waals surface area contributed by atoms with Crippen LogP contribution in [-0.2, 0) is 11.3 Å². The summed E-state index contributed by atoms with van der Waals surface area (Å²) in [5.41, 5.74) is 0.854. The standard InChI is InChI=1S/C10H12N2O3/c13-9(6-1-2-6)11-5-7-3-4-8(12-7)10(14)15/h3-4,6,12H,1-2,5H2,(H,11,13)(H,14,15). The van der Waals surface area contributed by atoms with Gasteiger partial charge in [0.25, 0.3) is 0 Å². The maximum Gasteiger partial charge on any atom is 0.352 e. The largest absolute Gasteiger partial charge is 0.477 e. The second-order valence-electron chi connectivity index (χ2n) is 3.69. The third-order valence-corrected chi connectivity index (χ3v) is 2.38. The topological polar surface area (TPSA) is 82.2 Å². The zero-order chi connectivity index (χ0) is 10.8. The summed E-state index contributed by atoms with van der Waals surface area (Å²) in [6, 6.07) is 3.15. The zero-order valence-electron chi connectivity index (χ0n) is 8.12. The maximum atomic E-state index is 11.3. The molecule has 0 saturated heterocycles. The van der Waals surface area contributed by atoms with Crippen LogP contribution in [0.4, 0.5) is 0 Å². The van der Waals surface area contributed by atoms with Crippen molar-refractivity contribution in [2.24, 2.45) is 5.92 Å². The molecule has 5 nitrogen and oxygen atoms in total. The van der Waals surface area contributed by atoms with Gasteiger partial charge in [-0.25, -0.2) is 4.79 Å². The molecule has 1 aromatic heterocycles. The molecule has 1 saturated carbocycles. The van der Waals surface area contributed by atoms with Gasteiger partial charge in [-0.3, -0.25) is 4.79 Å². The number of carbonyl (C=O) groups excluding carboxylic acids is 1. The Labute approximate surface area is 86.5 Å². The average Bonchev–Trinajstić information content (AvgIpc) is 2.93. The first-order valence-corrected chi connectivity index (χ1v) is 4.85. The molecule has 0 aromatic carbocycles. The van der Waals surface area contributed by atoms with Crippen molar-refractivity contribution in [1.29, 1.82) is 0 Å². The van der Waals surface area contributed by atoms with Gasteiger partial charge in [0.1, 0.15) is 5.69 Å². The number of aromatic carboxylic acids is 1. The number of amides is 1. The number of hydrogen-bond donors (Lipinski definition) is 3. The van der Waals surface area contributed by atoms with Crippen molar-refractivity contribution >= 4 is 11.9 Å². The number of rotatable bonds is 4. The Bertz CT molecular complexity index is 393. The summed E-state index contributed by atoms with van der Waals surface area (Å²) in [6.45, 7) is 0.364. The average molecular weight is 208 g/mol. The predicted octanol–water partition coefficient (Wildman–Crippen LogP) is 0.739. The van der Waals surface area contributed by atoms with Gasteiger partial charge < -0.3 is 15.4 Å². The summed E-state index contributed by atoms with van der Waals surface area (Å²) >= 11 is 0. The van der Waals surface area contributed by atoms with Gasteiger partial charge in [-0.1, -0.05) is 0 Å². The van der Waals surface area contributed by atoms with E-state index in [0.717, 1.165) is 12.8 Å². The molecule has 1 fully saturated rings. The molecule has 1 aliphatic rings. The van der Waals surface area contributed by atoms with E-state index in [1.54, 1.807) is 6.07 Å². The second kappa shape index (κ2) is 3.76. The van der Waals surface area contributed by atoms with Gasteiger partial charge in [-0.2, -0.15) is 0 Å². The van der Waals surface area contributed by atoms with E-state index in [4.69, 9.17) is 5.11 Å². The quantitative estimate of drug-likeness (QED) is 0.682. The van der Waals surface area contributed by atoms with Crippen molar-refractivity contribution in [3.63, 3.8) is 0 Å². The van der Waals surface area contributed by atoms with Crippen LogP contribution in [0.15, 0.2) is 12.1 Å². The number of carboxylic acids is 1. The van der Waals surface area contributed by atoms with Gasteiger partial charge in [-0.15, -0.1) is 0 Å². The molecule has 80 valence electrons. The van der Waals surface area contributed by atoms with Crippen LogP contribution in [0.2, 0.25) is 0 Å². The molecule has 1 aromatic rings. The molecular formula is C10H12N2O3. The molecule has 0 atom stereocenters. The lowest BCUT2D eigenvalue weighted by Crippen LogP contribution is -2.24. The molecular weight excluding hydrogens is 196 g/mol. The lowest BCUT2D eigenvalue weighted by molar-refractivity contribution is -0.122. The number of carbonyl (C=O) groups is 2. The normalized spacial score (nSPS) is 14.9. The Morgan fingerprint density at radius 3 is 2.73 bits per heavy atom. The summed E-state index contributed by atoms with van der Waals surface area (Å²) in [5.74, 6) is -0.754. The smallest absolute Gasteiger partial charge is 0.352 e. The van der Waals surface area contributed by atoms with Crippen molar-refractivity contribution in [3.8, 4) is 0 Å². The van der Waals surface area contributed by atoms with Crippen LogP contribution in [-0.4, -0.2) is 22.0 Å². The van der Waals surface area contributed by atoms with Gasteiger partial charge in [-0.05, 0) is 25.0 Å². The molecule has 0 aliphatic heterocycles. The van der Waals surface area contributed by atoms with E-state index >= 15 is 0 Å². The van der Waals surface area contributed by atoms with E-state index in [9.17, 15) is 9.59 Å². The minimum atomic E-state index is -0.991. The van der Waals surface area contributed by atoms with Crippen LogP contribution in [0.3, 0.4) is 0 Å². The van der Waals surface area contributed by atoms with Crippen molar-refractivity contribution in [3.05, 3.63) is 23.5 Å². The lowest BCUT2D eigenvalue weighted by Gasteiger charge is -2.01. The van der Waals surface area contributed by atoms with Crippen molar-refractivity contribution in [2.75, 3.05) is 0 Å². The fourth-order valence-electron chi connectivity index (χ4n) is 1.34. The first-order valence-electron chi connectivity index (χ1n) is 4.85. The van der Waals surface area contributed by atoms with Crippen LogP contribution >= 0.6 is 0 Å². The number of aromatic amines is 1. The number of hydrogen-bond acceptors (Lipinski definition) is 2. The van der Waals surface area contributed by atoms with E-state index < -0.39 is 5.97 Å². The minimum Gasteiger partial charge on any atom is -0.477 e. The molecule has 15 heavy (non-hydrogen) atoms. The SMILES string of the molecule is O=C(O)c1ccc(CNC(=O)C2CC2)[nH]1.